The van der Waals surface area contributed by atoms with Crippen molar-refractivity contribution in [1.29, 1.82) is 0 Å². The summed E-state index contributed by atoms with van der Waals surface area (Å²) in [4.78, 5) is 33.5. The molecule has 1 N–H and O–H groups in total. The largest absolute Gasteiger partial charge is 0.495 e. The third-order valence-electron chi connectivity index (χ3n) is 5.92. The highest BCUT2D eigenvalue weighted by molar-refractivity contribution is 5.96. The Morgan fingerprint density at radius 3 is 2.61 bits per heavy atom. The molecule has 2 amide bonds. The van der Waals surface area contributed by atoms with E-state index in [9.17, 15) is 9.59 Å². The summed E-state index contributed by atoms with van der Waals surface area (Å²) in [6, 6.07) is 19.0. The molecule has 0 unspecified atom stereocenters. The number of carbonyl (C=O) groups is 2. The highest BCUT2D eigenvalue weighted by Gasteiger charge is 2.33. The highest BCUT2D eigenvalue weighted by atomic mass is 16.5. The lowest BCUT2D eigenvalue weighted by molar-refractivity contribution is -0.131. The Bertz CT molecular complexity index is 1110. The molecule has 0 aliphatic carbocycles. The molecule has 0 spiro atoms. The third kappa shape index (κ3) is 5.14. The minimum absolute atomic E-state index is 0.0226. The molecule has 1 atom stereocenters. The van der Waals surface area contributed by atoms with Gasteiger partial charge in [0.2, 0.25) is 5.91 Å². The van der Waals surface area contributed by atoms with Crippen LogP contribution in [0.4, 0.5) is 5.69 Å². The number of methoxy groups -OCH3 is 1. The van der Waals surface area contributed by atoms with Crippen molar-refractivity contribution < 1.29 is 14.3 Å². The predicted octanol–water partition coefficient (Wildman–Crippen LogP) is 3.75. The highest BCUT2D eigenvalue weighted by Crippen LogP contribution is 2.30. The van der Waals surface area contributed by atoms with Gasteiger partial charge in [0, 0.05) is 51.1 Å². The van der Waals surface area contributed by atoms with E-state index in [2.05, 4.69) is 10.3 Å². The van der Waals surface area contributed by atoms with Gasteiger partial charge < -0.3 is 19.9 Å². The molecule has 0 saturated carbocycles. The van der Waals surface area contributed by atoms with Crippen LogP contribution >= 0.6 is 0 Å². The summed E-state index contributed by atoms with van der Waals surface area (Å²) in [5.74, 6) is 0.616. The molecule has 1 aliphatic rings. The van der Waals surface area contributed by atoms with E-state index < -0.39 is 0 Å². The van der Waals surface area contributed by atoms with E-state index in [-0.39, 0.29) is 17.9 Å². The Balaban J connectivity index is 1.59. The Kier molecular flexibility index (Phi) is 6.88. The number of anilines is 1. The lowest BCUT2D eigenvalue weighted by Gasteiger charge is -2.41. The van der Waals surface area contributed by atoms with Crippen molar-refractivity contribution in [1.82, 2.24) is 14.8 Å². The number of benzene rings is 2. The first-order chi connectivity index (χ1) is 16.1. The number of piperazine rings is 1. The first-order valence-corrected chi connectivity index (χ1v) is 11.0. The van der Waals surface area contributed by atoms with Gasteiger partial charge in [-0.15, -0.1) is 0 Å². The number of pyridine rings is 1. The minimum atomic E-state index is -0.203. The number of hydrogen-bond acceptors (Lipinski definition) is 5. The maximum atomic E-state index is 13.6. The number of nitrogens with one attached hydrogen (secondary N) is 1. The van der Waals surface area contributed by atoms with Gasteiger partial charge in [-0.25, -0.2) is 0 Å². The summed E-state index contributed by atoms with van der Waals surface area (Å²) in [5.41, 5.74) is 3.36. The van der Waals surface area contributed by atoms with Crippen LogP contribution in [0, 0.1) is 0 Å². The summed E-state index contributed by atoms with van der Waals surface area (Å²) in [7, 11) is 1.61. The van der Waals surface area contributed by atoms with Gasteiger partial charge in [-0.2, -0.15) is 0 Å². The van der Waals surface area contributed by atoms with Crippen molar-refractivity contribution in [2.75, 3.05) is 32.1 Å². The van der Waals surface area contributed by atoms with Crippen LogP contribution in [0.1, 0.15) is 34.5 Å². The van der Waals surface area contributed by atoms with Gasteiger partial charge in [0.25, 0.3) is 5.91 Å². The van der Waals surface area contributed by atoms with Gasteiger partial charge >= 0.3 is 0 Å². The quantitative estimate of drug-likeness (QED) is 0.627. The molecule has 4 rings (SSSR count). The fourth-order valence-electron chi connectivity index (χ4n) is 4.12. The molecule has 7 heteroatoms. The number of rotatable bonds is 6. The minimum Gasteiger partial charge on any atom is -0.495 e. The Hall–Kier alpha value is -3.87. The van der Waals surface area contributed by atoms with E-state index in [1.807, 2.05) is 59.5 Å². The summed E-state index contributed by atoms with van der Waals surface area (Å²) in [5, 5.41) is 3.35. The molecule has 33 heavy (non-hydrogen) atoms. The average Bonchev–Trinajstić information content (AvgIpc) is 2.87. The fraction of sp³-hybridized carbons (Fsp3) is 0.269. The van der Waals surface area contributed by atoms with Crippen LogP contribution in [-0.4, -0.2) is 53.3 Å². The maximum Gasteiger partial charge on any atom is 0.254 e. The number of ether oxygens (including phenoxy) is 1. The van der Waals surface area contributed by atoms with Gasteiger partial charge in [-0.3, -0.25) is 14.6 Å². The van der Waals surface area contributed by atoms with Crippen molar-refractivity contribution >= 4 is 17.5 Å². The van der Waals surface area contributed by atoms with Crippen LogP contribution in [0.2, 0.25) is 0 Å². The van der Waals surface area contributed by atoms with Crippen molar-refractivity contribution in [2.24, 2.45) is 0 Å². The molecular weight excluding hydrogens is 416 g/mol. The zero-order chi connectivity index (χ0) is 23.2. The summed E-state index contributed by atoms with van der Waals surface area (Å²) in [6.45, 7) is 3.61. The maximum absolute atomic E-state index is 13.6. The molecule has 1 fully saturated rings. The Labute approximate surface area is 194 Å². The van der Waals surface area contributed by atoms with Gasteiger partial charge in [-0.05, 0) is 35.4 Å². The molecule has 7 nitrogen and oxygen atoms in total. The second-order valence-electron chi connectivity index (χ2n) is 8.02. The standard InChI is InChI=1S/C26H28N4O3/c1-19(31)29-13-14-30(24(18-29)21-8-4-3-5-9-21)26(32)22-10-11-25(33-2)23(15-22)28-17-20-7-6-12-27-16-20/h3-12,15-16,24,28H,13-14,17-18H2,1-2H3/t24-/m0/s1. The molecule has 3 aromatic rings. The van der Waals surface area contributed by atoms with Crippen LogP contribution in [0.5, 0.6) is 5.75 Å². The zero-order valence-corrected chi connectivity index (χ0v) is 18.9. The average molecular weight is 445 g/mol. The number of nitrogens with zero attached hydrogens (tertiary/aromatic N) is 3. The number of hydrogen-bond donors (Lipinski definition) is 1. The fourth-order valence-corrected chi connectivity index (χ4v) is 4.12. The molecular formula is C26H28N4O3. The molecule has 1 saturated heterocycles. The SMILES string of the molecule is COc1ccc(C(=O)N2CCN(C(C)=O)C[C@H]2c2ccccc2)cc1NCc1cccnc1. The lowest BCUT2D eigenvalue weighted by Crippen LogP contribution is -2.51. The molecule has 2 aromatic carbocycles. The smallest absolute Gasteiger partial charge is 0.254 e. The summed E-state index contributed by atoms with van der Waals surface area (Å²) >= 11 is 0. The number of amides is 2. The Morgan fingerprint density at radius 1 is 1.09 bits per heavy atom. The van der Waals surface area contributed by atoms with E-state index in [0.29, 0.717) is 37.5 Å². The molecule has 2 heterocycles. The van der Waals surface area contributed by atoms with Gasteiger partial charge in [-0.1, -0.05) is 36.4 Å². The monoisotopic (exact) mass is 444 g/mol. The van der Waals surface area contributed by atoms with E-state index >= 15 is 0 Å². The van der Waals surface area contributed by atoms with Crippen molar-refractivity contribution in [3.63, 3.8) is 0 Å². The van der Waals surface area contributed by atoms with Crippen LogP contribution < -0.4 is 10.1 Å². The van der Waals surface area contributed by atoms with E-state index in [0.717, 1.165) is 16.8 Å². The molecule has 1 aliphatic heterocycles. The van der Waals surface area contributed by atoms with Crippen LogP contribution in [0.15, 0.2) is 73.1 Å². The molecule has 1 aromatic heterocycles. The van der Waals surface area contributed by atoms with E-state index in [4.69, 9.17) is 4.74 Å². The van der Waals surface area contributed by atoms with Crippen molar-refractivity contribution in [2.45, 2.75) is 19.5 Å². The molecule has 0 bridgehead atoms. The molecule has 170 valence electrons. The number of carbonyl (C=O) groups excluding carboxylic acids is 2. The summed E-state index contributed by atoms with van der Waals surface area (Å²) in [6.07, 6.45) is 3.53. The first kappa shape index (κ1) is 22.3. The second kappa shape index (κ2) is 10.2. The van der Waals surface area contributed by atoms with E-state index in [1.165, 1.54) is 0 Å². The van der Waals surface area contributed by atoms with Gasteiger partial charge in [0.15, 0.2) is 0 Å². The van der Waals surface area contributed by atoms with Crippen LogP contribution in [0.25, 0.3) is 0 Å². The number of aromatic nitrogens is 1. The van der Waals surface area contributed by atoms with Crippen molar-refractivity contribution in [3.8, 4) is 5.75 Å². The van der Waals surface area contributed by atoms with E-state index in [1.54, 1.807) is 37.4 Å². The van der Waals surface area contributed by atoms with Gasteiger partial charge in [0.1, 0.15) is 5.75 Å². The Morgan fingerprint density at radius 2 is 1.91 bits per heavy atom. The molecule has 0 radical (unpaired) electrons. The van der Waals surface area contributed by atoms with Crippen molar-refractivity contribution in [3.05, 3.63) is 89.7 Å². The predicted molar refractivity (Wildman–Crippen MR) is 127 cm³/mol. The lowest BCUT2D eigenvalue weighted by atomic mass is 10.0. The van der Waals surface area contributed by atoms with Crippen LogP contribution in [0.3, 0.4) is 0 Å². The zero-order valence-electron chi connectivity index (χ0n) is 18.9. The second-order valence-corrected chi connectivity index (χ2v) is 8.02. The van der Waals surface area contributed by atoms with Gasteiger partial charge in [0.05, 0.1) is 18.8 Å². The third-order valence-corrected chi connectivity index (χ3v) is 5.92. The normalized spacial score (nSPS) is 15.8. The van der Waals surface area contributed by atoms with Crippen LogP contribution in [-0.2, 0) is 11.3 Å². The summed E-state index contributed by atoms with van der Waals surface area (Å²) < 4.78 is 5.50. The topological polar surface area (TPSA) is 74.8 Å². The first-order valence-electron chi connectivity index (χ1n) is 11.0.